The van der Waals surface area contributed by atoms with Gasteiger partial charge in [0.05, 0.1) is 0 Å². The van der Waals surface area contributed by atoms with Gasteiger partial charge in [0.25, 0.3) is 0 Å². The Morgan fingerprint density at radius 1 is 0.583 bits per heavy atom. The predicted octanol–water partition coefficient (Wildman–Crippen LogP) is 3.57. The van der Waals surface area contributed by atoms with Crippen molar-refractivity contribution in [3.63, 3.8) is 0 Å². The molecular weight excluding hydrogens is 144 g/mol. The van der Waals surface area contributed by atoms with E-state index in [1.807, 2.05) is 0 Å². The highest BCUT2D eigenvalue weighted by Gasteiger charge is 2.47. The third kappa shape index (κ3) is 0.963. The number of fused-ring (bicyclic) bond motifs is 1. The van der Waals surface area contributed by atoms with Crippen molar-refractivity contribution in [2.24, 2.45) is 35.5 Å². The summed E-state index contributed by atoms with van der Waals surface area (Å²) in [5.74, 6) is 6.09. The molecule has 0 amide bonds. The summed E-state index contributed by atoms with van der Waals surface area (Å²) < 4.78 is 0. The van der Waals surface area contributed by atoms with E-state index in [4.69, 9.17) is 0 Å². The maximum atomic E-state index is 2.48. The van der Waals surface area contributed by atoms with Gasteiger partial charge in [0, 0.05) is 0 Å². The molecule has 0 aromatic heterocycles. The molecule has 0 N–H and O–H groups in total. The van der Waals surface area contributed by atoms with Crippen molar-refractivity contribution in [1.29, 1.82) is 0 Å². The van der Waals surface area contributed by atoms with Gasteiger partial charge in [-0.1, -0.05) is 27.7 Å². The molecule has 0 radical (unpaired) electrons. The van der Waals surface area contributed by atoms with E-state index in [0.29, 0.717) is 0 Å². The van der Waals surface area contributed by atoms with Crippen LogP contribution < -0.4 is 0 Å². The summed E-state index contributed by atoms with van der Waals surface area (Å²) in [5, 5.41) is 0. The van der Waals surface area contributed by atoms with Gasteiger partial charge in [-0.25, -0.2) is 0 Å². The molecule has 0 bridgehead atoms. The van der Waals surface area contributed by atoms with Gasteiger partial charge in [0.15, 0.2) is 0 Å². The zero-order valence-electron chi connectivity index (χ0n) is 8.88. The quantitative estimate of drug-likeness (QED) is 0.516. The number of rotatable bonds is 0. The fraction of sp³-hybridized carbons (Fsp3) is 1.00. The van der Waals surface area contributed by atoms with Crippen LogP contribution >= 0.6 is 0 Å². The van der Waals surface area contributed by atoms with Crippen molar-refractivity contribution < 1.29 is 0 Å². The Hall–Kier alpha value is 0. The Kier molecular flexibility index (Phi) is 1.97. The molecule has 70 valence electrons. The molecule has 2 aliphatic rings. The summed E-state index contributed by atoms with van der Waals surface area (Å²) in [5.41, 5.74) is 0. The van der Waals surface area contributed by atoms with Crippen LogP contribution in [-0.4, -0.2) is 0 Å². The Bertz CT molecular complexity index is 123. The van der Waals surface area contributed by atoms with Crippen LogP contribution in [-0.2, 0) is 0 Å². The van der Waals surface area contributed by atoms with E-state index < -0.39 is 0 Å². The maximum Gasteiger partial charge on any atom is -0.0355 e. The van der Waals surface area contributed by atoms with Gasteiger partial charge < -0.3 is 0 Å². The van der Waals surface area contributed by atoms with E-state index in [1.54, 1.807) is 0 Å². The third-order valence-corrected chi connectivity index (χ3v) is 5.22. The van der Waals surface area contributed by atoms with Crippen molar-refractivity contribution in [2.45, 2.75) is 40.5 Å². The molecule has 2 saturated carbocycles. The highest BCUT2D eigenvalue weighted by Crippen LogP contribution is 2.54. The molecular formula is C12H22. The average molecular weight is 166 g/mol. The van der Waals surface area contributed by atoms with Crippen molar-refractivity contribution in [1.82, 2.24) is 0 Å². The molecule has 0 heteroatoms. The van der Waals surface area contributed by atoms with Crippen LogP contribution in [0, 0.1) is 35.5 Å². The SMILES string of the molecule is CC1C(C)C(C)C2CCC2C1C. The lowest BCUT2D eigenvalue weighted by molar-refractivity contribution is -0.0526. The molecule has 0 heterocycles. The molecule has 0 spiro atoms. The van der Waals surface area contributed by atoms with E-state index in [-0.39, 0.29) is 0 Å². The van der Waals surface area contributed by atoms with Crippen LogP contribution in [0.5, 0.6) is 0 Å². The predicted molar refractivity (Wildman–Crippen MR) is 52.9 cm³/mol. The molecule has 0 saturated heterocycles. The first kappa shape index (κ1) is 8.59. The van der Waals surface area contributed by atoms with Gasteiger partial charge >= 0.3 is 0 Å². The molecule has 2 aliphatic carbocycles. The summed E-state index contributed by atoms with van der Waals surface area (Å²) in [7, 11) is 0. The summed E-state index contributed by atoms with van der Waals surface area (Å²) in [6.07, 6.45) is 3.04. The topological polar surface area (TPSA) is 0 Å². The normalized spacial score (nSPS) is 59.0. The first-order valence-corrected chi connectivity index (χ1v) is 5.63. The van der Waals surface area contributed by atoms with Crippen LogP contribution in [0.2, 0.25) is 0 Å². The molecule has 6 unspecified atom stereocenters. The lowest BCUT2D eigenvalue weighted by Gasteiger charge is -2.54. The fourth-order valence-corrected chi connectivity index (χ4v) is 3.59. The summed E-state index contributed by atoms with van der Waals surface area (Å²) in [6, 6.07) is 0. The molecule has 2 fully saturated rings. The molecule has 0 aromatic rings. The molecule has 0 aromatic carbocycles. The van der Waals surface area contributed by atoms with Crippen LogP contribution in [0.4, 0.5) is 0 Å². The Morgan fingerprint density at radius 3 is 1.17 bits per heavy atom. The fourth-order valence-electron chi connectivity index (χ4n) is 3.59. The number of hydrogen-bond donors (Lipinski definition) is 0. The van der Waals surface area contributed by atoms with Crippen molar-refractivity contribution in [2.75, 3.05) is 0 Å². The van der Waals surface area contributed by atoms with Crippen LogP contribution in [0.15, 0.2) is 0 Å². The lowest BCUT2D eigenvalue weighted by Crippen LogP contribution is -2.47. The smallest absolute Gasteiger partial charge is 0.0355 e. The first-order chi connectivity index (χ1) is 5.63. The average Bonchev–Trinajstić information content (AvgIpc) is 1.97. The minimum atomic E-state index is 0.960. The van der Waals surface area contributed by atoms with Gasteiger partial charge in [-0.05, 0) is 48.3 Å². The molecule has 0 aliphatic heterocycles. The van der Waals surface area contributed by atoms with Gasteiger partial charge in [0.2, 0.25) is 0 Å². The van der Waals surface area contributed by atoms with Gasteiger partial charge in [-0.3, -0.25) is 0 Å². The van der Waals surface area contributed by atoms with Gasteiger partial charge in [-0.15, -0.1) is 0 Å². The van der Waals surface area contributed by atoms with E-state index in [9.17, 15) is 0 Å². The van der Waals surface area contributed by atoms with Crippen LogP contribution in [0.3, 0.4) is 0 Å². The van der Waals surface area contributed by atoms with Crippen LogP contribution in [0.1, 0.15) is 40.5 Å². The van der Waals surface area contributed by atoms with E-state index in [2.05, 4.69) is 27.7 Å². The molecule has 6 atom stereocenters. The summed E-state index contributed by atoms with van der Waals surface area (Å²) in [6.45, 7) is 9.87. The van der Waals surface area contributed by atoms with E-state index >= 15 is 0 Å². The Balaban J connectivity index is 2.14. The lowest BCUT2D eigenvalue weighted by atomic mass is 9.51. The standard InChI is InChI=1S/C12H22/c1-7-8(2)10(4)12-6-5-11(12)9(7)3/h7-12H,5-6H2,1-4H3. The Morgan fingerprint density at radius 2 is 0.917 bits per heavy atom. The van der Waals surface area contributed by atoms with E-state index in [1.165, 1.54) is 12.8 Å². The number of hydrogen-bond acceptors (Lipinski definition) is 0. The van der Waals surface area contributed by atoms with E-state index in [0.717, 1.165) is 35.5 Å². The van der Waals surface area contributed by atoms with Gasteiger partial charge in [0.1, 0.15) is 0 Å². The third-order valence-electron chi connectivity index (χ3n) is 5.22. The summed E-state index contributed by atoms with van der Waals surface area (Å²) >= 11 is 0. The van der Waals surface area contributed by atoms with Crippen molar-refractivity contribution in [3.8, 4) is 0 Å². The second-order valence-electron chi connectivity index (χ2n) is 5.34. The maximum absolute atomic E-state index is 2.48. The largest absolute Gasteiger partial charge is 0.0620 e. The highest BCUT2D eigenvalue weighted by atomic mass is 14.5. The van der Waals surface area contributed by atoms with Crippen LogP contribution in [0.25, 0.3) is 0 Å². The first-order valence-electron chi connectivity index (χ1n) is 5.63. The van der Waals surface area contributed by atoms with Crippen molar-refractivity contribution in [3.05, 3.63) is 0 Å². The summed E-state index contributed by atoms with van der Waals surface area (Å²) in [4.78, 5) is 0. The van der Waals surface area contributed by atoms with Crippen molar-refractivity contribution >= 4 is 0 Å². The zero-order valence-corrected chi connectivity index (χ0v) is 8.88. The monoisotopic (exact) mass is 166 g/mol. The minimum Gasteiger partial charge on any atom is -0.0620 e. The Labute approximate surface area is 76.7 Å². The molecule has 0 nitrogen and oxygen atoms in total. The molecule has 12 heavy (non-hydrogen) atoms. The second-order valence-corrected chi connectivity index (χ2v) is 5.34. The second kappa shape index (κ2) is 2.75. The van der Waals surface area contributed by atoms with Gasteiger partial charge in [-0.2, -0.15) is 0 Å². The highest BCUT2D eigenvalue weighted by molar-refractivity contribution is 4.96. The zero-order chi connectivity index (χ0) is 8.88. The minimum absolute atomic E-state index is 0.960. The molecule has 2 rings (SSSR count).